The number of aromatic nitrogens is 1. The van der Waals surface area contributed by atoms with E-state index in [-0.39, 0.29) is 5.13 Å². The van der Waals surface area contributed by atoms with E-state index in [9.17, 15) is 17.2 Å². The normalized spacial score (nSPS) is 11.3. The number of hydrogen-bond acceptors (Lipinski definition) is 5. The lowest BCUT2D eigenvalue weighted by Gasteiger charge is -2.06. The summed E-state index contributed by atoms with van der Waals surface area (Å²) in [4.78, 5) is 3.54. The van der Waals surface area contributed by atoms with E-state index < -0.39 is 26.6 Å². The molecule has 3 rings (SSSR count). The number of nitrogens with zero attached hydrogens (tertiary/aromatic N) is 1. The van der Waals surface area contributed by atoms with Gasteiger partial charge < -0.3 is 4.74 Å². The minimum absolute atomic E-state index is 0.0783. The molecule has 9 heteroatoms. The molecule has 0 aliphatic heterocycles. The summed E-state index contributed by atoms with van der Waals surface area (Å²) in [6, 6.07) is 9.34. The summed E-state index contributed by atoms with van der Waals surface area (Å²) in [5.41, 5.74) is 1.33. The number of benzene rings is 2. The molecule has 0 unspecified atom stereocenters. The molecule has 0 bridgehead atoms. The Kier molecular flexibility index (Phi) is 4.69. The Morgan fingerprint density at radius 1 is 1.12 bits per heavy atom. The van der Waals surface area contributed by atoms with E-state index in [0.29, 0.717) is 17.5 Å². The minimum Gasteiger partial charge on any atom is -0.497 e. The van der Waals surface area contributed by atoms with Crippen LogP contribution < -0.4 is 9.46 Å². The van der Waals surface area contributed by atoms with Gasteiger partial charge in [-0.3, -0.25) is 4.72 Å². The van der Waals surface area contributed by atoms with Gasteiger partial charge in [0.2, 0.25) is 0 Å². The molecular formula is C16H12F2N2O3S2. The van der Waals surface area contributed by atoms with Crippen LogP contribution in [-0.4, -0.2) is 20.5 Å². The lowest BCUT2D eigenvalue weighted by Crippen LogP contribution is -2.14. The molecule has 1 aromatic heterocycles. The van der Waals surface area contributed by atoms with Gasteiger partial charge in [0, 0.05) is 17.0 Å². The Morgan fingerprint density at radius 3 is 2.48 bits per heavy atom. The molecule has 0 aliphatic carbocycles. The second kappa shape index (κ2) is 6.77. The Morgan fingerprint density at radius 2 is 1.84 bits per heavy atom. The molecule has 3 aromatic rings. The number of ether oxygens (including phenoxy) is 1. The highest BCUT2D eigenvalue weighted by Crippen LogP contribution is 2.28. The third-order valence-electron chi connectivity index (χ3n) is 3.30. The van der Waals surface area contributed by atoms with Crippen molar-refractivity contribution in [1.29, 1.82) is 0 Å². The summed E-state index contributed by atoms with van der Waals surface area (Å²) in [6.07, 6.45) is 0. The summed E-state index contributed by atoms with van der Waals surface area (Å²) in [6.45, 7) is 0. The van der Waals surface area contributed by atoms with Crippen molar-refractivity contribution in [1.82, 2.24) is 4.98 Å². The highest BCUT2D eigenvalue weighted by atomic mass is 32.2. The van der Waals surface area contributed by atoms with Crippen LogP contribution in [0.2, 0.25) is 0 Å². The molecule has 5 nitrogen and oxygen atoms in total. The lowest BCUT2D eigenvalue weighted by atomic mass is 10.2. The topological polar surface area (TPSA) is 68.3 Å². The highest BCUT2D eigenvalue weighted by molar-refractivity contribution is 7.93. The van der Waals surface area contributed by atoms with Crippen molar-refractivity contribution in [2.24, 2.45) is 0 Å². The first kappa shape index (κ1) is 17.3. The van der Waals surface area contributed by atoms with Crippen LogP contribution in [0.1, 0.15) is 0 Å². The zero-order chi connectivity index (χ0) is 18.0. The van der Waals surface area contributed by atoms with Crippen molar-refractivity contribution >= 4 is 26.5 Å². The molecule has 0 fully saturated rings. The third kappa shape index (κ3) is 3.77. The smallest absolute Gasteiger partial charge is 0.266 e. The molecule has 0 radical (unpaired) electrons. The molecule has 2 aromatic carbocycles. The monoisotopic (exact) mass is 382 g/mol. The molecular weight excluding hydrogens is 370 g/mol. The van der Waals surface area contributed by atoms with Crippen LogP contribution in [0.25, 0.3) is 11.3 Å². The van der Waals surface area contributed by atoms with Crippen molar-refractivity contribution in [3.63, 3.8) is 0 Å². The maximum atomic E-state index is 13.7. The van der Waals surface area contributed by atoms with E-state index in [0.717, 1.165) is 29.0 Å². The number of hydrogen-bond donors (Lipinski definition) is 1. The predicted octanol–water partition coefficient (Wildman–Crippen LogP) is 3.90. The van der Waals surface area contributed by atoms with Gasteiger partial charge >= 0.3 is 0 Å². The van der Waals surface area contributed by atoms with E-state index in [1.165, 1.54) is 0 Å². The largest absolute Gasteiger partial charge is 0.497 e. The average molecular weight is 382 g/mol. The molecule has 0 spiro atoms. The van der Waals surface area contributed by atoms with Crippen LogP contribution in [0.4, 0.5) is 13.9 Å². The van der Waals surface area contributed by atoms with Crippen LogP contribution >= 0.6 is 11.3 Å². The molecule has 1 heterocycles. The Labute approximate surface area is 147 Å². The van der Waals surface area contributed by atoms with Gasteiger partial charge in [0.15, 0.2) is 5.13 Å². The number of rotatable bonds is 5. The molecule has 25 heavy (non-hydrogen) atoms. The van der Waals surface area contributed by atoms with E-state index in [2.05, 4.69) is 9.71 Å². The first-order valence-electron chi connectivity index (χ1n) is 6.97. The fourth-order valence-corrected chi connectivity index (χ4v) is 4.11. The van der Waals surface area contributed by atoms with Crippen LogP contribution in [0.5, 0.6) is 5.75 Å². The van der Waals surface area contributed by atoms with Gasteiger partial charge in [-0.15, -0.1) is 11.3 Å². The second-order valence-corrected chi connectivity index (χ2v) is 7.46. The van der Waals surface area contributed by atoms with Crippen LogP contribution in [-0.2, 0) is 10.0 Å². The number of methoxy groups -OCH3 is 1. The summed E-state index contributed by atoms with van der Waals surface area (Å²) in [7, 11) is -2.65. The summed E-state index contributed by atoms with van der Waals surface area (Å²) in [5, 5.41) is 1.75. The standard InChI is InChI=1S/C16H12F2N2O3S2/c1-23-12-5-2-10(3-6-12)14-9-24-16(19-14)20-25(21,22)15-7-4-11(17)8-13(15)18/h2-9H,1H3,(H,19,20). The van der Waals surface area contributed by atoms with E-state index in [1.807, 2.05) is 0 Å². The van der Waals surface area contributed by atoms with E-state index >= 15 is 0 Å². The summed E-state index contributed by atoms with van der Waals surface area (Å²) in [5.74, 6) is -1.33. The molecule has 0 saturated heterocycles. The molecule has 1 N–H and O–H groups in total. The first-order valence-corrected chi connectivity index (χ1v) is 9.33. The number of halogens is 2. The maximum Gasteiger partial charge on any atom is 0.266 e. The van der Waals surface area contributed by atoms with Crippen LogP contribution in [0.3, 0.4) is 0 Å². The maximum absolute atomic E-state index is 13.7. The van der Waals surface area contributed by atoms with Crippen molar-refractivity contribution < 1.29 is 21.9 Å². The van der Waals surface area contributed by atoms with Crippen LogP contribution in [0.15, 0.2) is 52.7 Å². The van der Waals surface area contributed by atoms with E-state index in [4.69, 9.17) is 4.74 Å². The highest BCUT2D eigenvalue weighted by Gasteiger charge is 2.21. The second-order valence-electron chi connectivity index (χ2n) is 4.95. The van der Waals surface area contributed by atoms with Gasteiger partial charge in [-0.1, -0.05) is 0 Å². The van der Waals surface area contributed by atoms with Gasteiger partial charge in [-0.05, 0) is 36.4 Å². The van der Waals surface area contributed by atoms with Crippen molar-refractivity contribution in [2.75, 3.05) is 11.8 Å². The quantitative estimate of drug-likeness (QED) is 0.727. The van der Waals surface area contributed by atoms with Crippen molar-refractivity contribution in [2.45, 2.75) is 4.90 Å². The summed E-state index contributed by atoms with van der Waals surface area (Å²) >= 11 is 1.06. The number of sulfonamides is 1. The average Bonchev–Trinajstić information content (AvgIpc) is 3.02. The number of anilines is 1. The Bertz CT molecular complexity index is 1000. The first-order chi connectivity index (χ1) is 11.9. The zero-order valence-corrected chi connectivity index (χ0v) is 14.5. The van der Waals surface area contributed by atoms with Gasteiger partial charge in [0.05, 0.1) is 12.8 Å². The molecule has 0 amide bonds. The SMILES string of the molecule is COc1ccc(-c2csc(NS(=O)(=O)c3ccc(F)cc3F)n2)cc1. The van der Waals surface area contributed by atoms with Gasteiger partial charge in [-0.2, -0.15) is 0 Å². The third-order valence-corrected chi connectivity index (χ3v) is 5.55. The number of nitrogens with one attached hydrogen (secondary N) is 1. The van der Waals surface area contributed by atoms with Gasteiger partial charge in [-0.25, -0.2) is 22.2 Å². The predicted molar refractivity (Wildman–Crippen MR) is 91.3 cm³/mol. The van der Waals surface area contributed by atoms with E-state index in [1.54, 1.807) is 36.8 Å². The molecule has 130 valence electrons. The minimum atomic E-state index is -4.20. The zero-order valence-electron chi connectivity index (χ0n) is 12.9. The van der Waals surface area contributed by atoms with Crippen molar-refractivity contribution in [3.05, 3.63) is 59.5 Å². The fraction of sp³-hybridized carbons (Fsp3) is 0.0625. The summed E-state index contributed by atoms with van der Waals surface area (Å²) < 4.78 is 58.4. The fourth-order valence-electron chi connectivity index (χ4n) is 2.08. The van der Waals surface area contributed by atoms with Crippen LogP contribution in [0, 0.1) is 11.6 Å². The lowest BCUT2D eigenvalue weighted by molar-refractivity contribution is 0.415. The van der Waals surface area contributed by atoms with Gasteiger partial charge in [0.25, 0.3) is 10.0 Å². The molecule has 0 atom stereocenters. The van der Waals surface area contributed by atoms with Gasteiger partial charge in [0.1, 0.15) is 22.3 Å². The molecule has 0 saturated carbocycles. The molecule has 0 aliphatic rings. The van der Waals surface area contributed by atoms with Crippen molar-refractivity contribution in [3.8, 4) is 17.0 Å². The Balaban J connectivity index is 1.84. The number of thiazole rings is 1. The Hall–Kier alpha value is -2.52.